The van der Waals surface area contributed by atoms with Crippen molar-refractivity contribution in [3.8, 4) is 5.75 Å². The van der Waals surface area contributed by atoms with Crippen molar-refractivity contribution in [1.29, 1.82) is 0 Å². The van der Waals surface area contributed by atoms with Gasteiger partial charge in [-0.25, -0.2) is 9.50 Å². The zero-order valence-corrected chi connectivity index (χ0v) is 13.9. The number of carbonyl (C=O) groups is 1. The van der Waals surface area contributed by atoms with Crippen molar-refractivity contribution >= 4 is 11.7 Å². The molecule has 2 aromatic heterocycles. The molecule has 1 aromatic carbocycles. The molecule has 0 radical (unpaired) electrons. The highest BCUT2D eigenvalue weighted by Gasteiger charge is 2.18. The Labute approximate surface area is 139 Å². The number of likely N-dealkylation sites (N-methyl/N-ethyl adjacent to an activating group) is 1. The number of hydrogen-bond donors (Lipinski definition) is 0. The Morgan fingerprint density at radius 1 is 1.21 bits per heavy atom. The summed E-state index contributed by atoms with van der Waals surface area (Å²) in [6.45, 7) is 4.75. The fourth-order valence-corrected chi connectivity index (χ4v) is 2.20. The van der Waals surface area contributed by atoms with Crippen molar-refractivity contribution in [2.45, 2.75) is 13.8 Å². The summed E-state index contributed by atoms with van der Waals surface area (Å²) in [5, 5.41) is 4.22. The lowest BCUT2D eigenvalue weighted by Crippen LogP contribution is -2.31. The van der Waals surface area contributed by atoms with Gasteiger partial charge in [-0.2, -0.15) is 4.98 Å². The molecule has 0 atom stereocenters. The van der Waals surface area contributed by atoms with Gasteiger partial charge in [-0.3, -0.25) is 4.79 Å². The maximum Gasteiger partial charge on any atom is 0.293 e. The number of ether oxygens (including phenoxy) is 1. The number of carbonyl (C=O) groups excluding carboxylic acids is 1. The first kappa shape index (κ1) is 15.9. The highest BCUT2D eigenvalue weighted by Crippen LogP contribution is 2.11. The number of benzene rings is 1. The van der Waals surface area contributed by atoms with Gasteiger partial charge in [0.25, 0.3) is 11.7 Å². The largest absolute Gasteiger partial charge is 0.492 e. The van der Waals surface area contributed by atoms with Crippen molar-refractivity contribution in [3.63, 3.8) is 0 Å². The van der Waals surface area contributed by atoms with Crippen molar-refractivity contribution in [2.24, 2.45) is 0 Å². The van der Waals surface area contributed by atoms with Crippen LogP contribution in [0.5, 0.6) is 5.75 Å². The van der Waals surface area contributed by atoms with Gasteiger partial charge in [0.05, 0.1) is 6.54 Å². The lowest BCUT2D eigenvalue weighted by molar-refractivity contribution is 0.0762. The van der Waals surface area contributed by atoms with Gasteiger partial charge in [0.1, 0.15) is 12.4 Å². The maximum atomic E-state index is 12.4. The predicted molar refractivity (Wildman–Crippen MR) is 89.2 cm³/mol. The minimum Gasteiger partial charge on any atom is -0.492 e. The Morgan fingerprint density at radius 3 is 2.67 bits per heavy atom. The van der Waals surface area contributed by atoms with Crippen LogP contribution >= 0.6 is 0 Å². The molecule has 0 fully saturated rings. The van der Waals surface area contributed by atoms with Crippen molar-refractivity contribution in [1.82, 2.24) is 24.5 Å². The molecule has 7 heteroatoms. The highest BCUT2D eigenvalue weighted by molar-refractivity contribution is 5.90. The minimum absolute atomic E-state index is 0.134. The van der Waals surface area contributed by atoms with E-state index in [-0.39, 0.29) is 11.7 Å². The summed E-state index contributed by atoms with van der Waals surface area (Å²) >= 11 is 0. The van der Waals surface area contributed by atoms with Crippen LogP contribution < -0.4 is 4.74 Å². The van der Waals surface area contributed by atoms with Gasteiger partial charge < -0.3 is 9.64 Å². The topological polar surface area (TPSA) is 72.6 Å². The number of rotatable bonds is 5. The molecular weight excluding hydrogens is 306 g/mol. The molecule has 0 saturated heterocycles. The summed E-state index contributed by atoms with van der Waals surface area (Å²) in [4.78, 5) is 22.2. The van der Waals surface area contributed by atoms with E-state index in [1.165, 1.54) is 10.5 Å². The molecule has 0 aliphatic carbocycles. The normalized spacial score (nSPS) is 10.8. The van der Waals surface area contributed by atoms with Gasteiger partial charge in [0, 0.05) is 18.9 Å². The Bertz CT molecular complexity index is 857. The van der Waals surface area contributed by atoms with Gasteiger partial charge >= 0.3 is 0 Å². The van der Waals surface area contributed by atoms with Crippen LogP contribution in [-0.2, 0) is 0 Å². The fourth-order valence-electron chi connectivity index (χ4n) is 2.20. The Morgan fingerprint density at radius 2 is 1.96 bits per heavy atom. The van der Waals surface area contributed by atoms with E-state index in [0.717, 1.165) is 11.4 Å². The molecule has 24 heavy (non-hydrogen) atoms. The Hall–Kier alpha value is -2.96. The zero-order valence-electron chi connectivity index (χ0n) is 13.9. The van der Waals surface area contributed by atoms with E-state index in [0.29, 0.717) is 18.9 Å². The third-order valence-corrected chi connectivity index (χ3v) is 3.68. The maximum absolute atomic E-state index is 12.4. The van der Waals surface area contributed by atoms with E-state index >= 15 is 0 Å². The zero-order chi connectivity index (χ0) is 17.1. The molecule has 3 rings (SSSR count). The average Bonchev–Trinajstić information content (AvgIpc) is 3.01. The van der Waals surface area contributed by atoms with E-state index in [1.807, 2.05) is 44.2 Å². The van der Waals surface area contributed by atoms with Crippen LogP contribution in [0.25, 0.3) is 5.78 Å². The first-order chi connectivity index (χ1) is 11.5. The summed E-state index contributed by atoms with van der Waals surface area (Å²) in [6, 6.07) is 9.61. The number of aryl methyl sites for hydroxylation is 2. The minimum atomic E-state index is -0.257. The van der Waals surface area contributed by atoms with Gasteiger partial charge in [-0.1, -0.05) is 17.7 Å². The molecule has 0 bridgehead atoms. The van der Waals surface area contributed by atoms with Crippen LogP contribution in [0.4, 0.5) is 0 Å². The van der Waals surface area contributed by atoms with Gasteiger partial charge in [0.2, 0.25) is 5.82 Å². The molecule has 0 aliphatic rings. The number of nitrogens with zero attached hydrogens (tertiary/aromatic N) is 5. The van der Waals surface area contributed by atoms with Crippen LogP contribution in [0.1, 0.15) is 21.9 Å². The second-order valence-electron chi connectivity index (χ2n) is 5.62. The molecule has 124 valence electrons. The summed E-state index contributed by atoms with van der Waals surface area (Å²) in [6.07, 6.45) is 1.65. The molecule has 7 nitrogen and oxygen atoms in total. The number of amides is 1. The molecule has 0 unspecified atom stereocenters. The fraction of sp³-hybridized carbons (Fsp3) is 0.294. The Kier molecular flexibility index (Phi) is 4.41. The van der Waals surface area contributed by atoms with E-state index in [9.17, 15) is 4.79 Å². The van der Waals surface area contributed by atoms with Crippen molar-refractivity contribution in [2.75, 3.05) is 20.2 Å². The summed E-state index contributed by atoms with van der Waals surface area (Å²) in [5.41, 5.74) is 2.05. The van der Waals surface area contributed by atoms with Gasteiger partial charge in [-0.15, -0.1) is 5.10 Å². The molecule has 3 aromatic rings. The first-order valence-corrected chi connectivity index (χ1v) is 7.68. The average molecular weight is 325 g/mol. The van der Waals surface area contributed by atoms with E-state index in [1.54, 1.807) is 17.8 Å². The monoisotopic (exact) mass is 325 g/mol. The molecular formula is C17H19N5O2. The lowest BCUT2D eigenvalue weighted by Gasteiger charge is -2.15. The summed E-state index contributed by atoms with van der Waals surface area (Å²) < 4.78 is 7.20. The number of hydrogen-bond acceptors (Lipinski definition) is 5. The van der Waals surface area contributed by atoms with Crippen LogP contribution in [0.2, 0.25) is 0 Å². The quantitative estimate of drug-likeness (QED) is 0.716. The number of fused-ring (bicyclic) bond motifs is 1. The number of aromatic nitrogens is 4. The van der Waals surface area contributed by atoms with Crippen molar-refractivity contribution in [3.05, 3.63) is 53.6 Å². The molecule has 2 heterocycles. The smallest absolute Gasteiger partial charge is 0.293 e. The standard InChI is InChI=1S/C17H19N5O2/c1-12-4-6-14(7-5-12)24-11-10-21(3)16(23)15-19-17-18-9-8-13(2)22(17)20-15/h4-9H,10-11H2,1-3H3. The SMILES string of the molecule is Cc1ccc(OCCN(C)C(=O)c2nc3nccc(C)n3n2)cc1. The van der Waals surface area contributed by atoms with Crippen molar-refractivity contribution < 1.29 is 9.53 Å². The second kappa shape index (κ2) is 6.66. The molecule has 0 N–H and O–H groups in total. The third-order valence-electron chi connectivity index (χ3n) is 3.68. The summed E-state index contributed by atoms with van der Waals surface area (Å²) in [5.74, 6) is 1.08. The van der Waals surface area contributed by atoms with E-state index in [4.69, 9.17) is 4.74 Å². The molecule has 1 amide bonds. The van der Waals surface area contributed by atoms with E-state index in [2.05, 4.69) is 15.1 Å². The Balaban J connectivity index is 1.61. The summed E-state index contributed by atoms with van der Waals surface area (Å²) in [7, 11) is 1.70. The molecule has 0 saturated carbocycles. The predicted octanol–water partition coefficient (Wildman–Crippen LogP) is 1.89. The molecule has 0 aliphatic heterocycles. The molecule has 0 spiro atoms. The van der Waals surface area contributed by atoms with Crippen LogP contribution in [0.3, 0.4) is 0 Å². The first-order valence-electron chi connectivity index (χ1n) is 7.68. The van der Waals surface area contributed by atoms with Crippen LogP contribution in [0, 0.1) is 13.8 Å². The van der Waals surface area contributed by atoms with Crippen LogP contribution in [-0.4, -0.2) is 50.6 Å². The van der Waals surface area contributed by atoms with Gasteiger partial charge in [0.15, 0.2) is 0 Å². The lowest BCUT2D eigenvalue weighted by atomic mass is 10.2. The van der Waals surface area contributed by atoms with E-state index < -0.39 is 0 Å². The third kappa shape index (κ3) is 3.34. The second-order valence-corrected chi connectivity index (χ2v) is 5.62. The van der Waals surface area contributed by atoms with Gasteiger partial charge in [-0.05, 0) is 32.0 Å². The highest BCUT2D eigenvalue weighted by atomic mass is 16.5. The van der Waals surface area contributed by atoms with Crippen LogP contribution in [0.15, 0.2) is 36.5 Å².